The molecule has 1 aromatic heterocycles. The van der Waals surface area contributed by atoms with Gasteiger partial charge in [-0.2, -0.15) is 0 Å². The topological polar surface area (TPSA) is 48.0 Å². The summed E-state index contributed by atoms with van der Waals surface area (Å²) in [5.74, 6) is 0.332. The summed E-state index contributed by atoms with van der Waals surface area (Å²) in [6.07, 6.45) is 3.00. The Morgan fingerprint density at radius 1 is 0.947 bits per heavy atom. The van der Waals surface area contributed by atoms with E-state index in [4.69, 9.17) is 0 Å². The normalized spacial score (nSPS) is 12.4. The molecule has 3 aromatic rings. The van der Waals surface area contributed by atoms with Gasteiger partial charge < -0.3 is 15.4 Å². The highest BCUT2D eigenvalue weighted by atomic mass is 16.3. The average molecular weight is 252 g/mol. The van der Waals surface area contributed by atoms with Crippen molar-refractivity contribution >= 4 is 16.6 Å². The van der Waals surface area contributed by atoms with Crippen LogP contribution in [0.1, 0.15) is 5.56 Å². The fourth-order valence-electron chi connectivity index (χ4n) is 2.31. The summed E-state index contributed by atoms with van der Waals surface area (Å²) in [7, 11) is 0. The second-order valence-electron chi connectivity index (χ2n) is 4.55. The molecule has 0 unspecified atom stereocenters. The standard InChI is InChI=1S/C8H7NO.C8H9N/c10-8-3-1-2-7-6(8)4-5-9-7;1-2-4-8-7(3-1)5-6-9-8/h1-5,9-10H;1-4,9H,5-6H2. The van der Waals surface area contributed by atoms with Gasteiger partial charge in [0.25, 0.3) is 0 Å². The summed E-state index contributed by atoms with van der Waals surface area (Å²) in [4.78, 5) is 3.00. The first-order valence-electron chi connectivity index (χ1n) is 6.41. The molecular formula is C16H16N2O. The monoisotopic (exact) mass is 252 g/mol. The lowest BCUT2D eigenvalue weighted by molar-refractivity contribution is 0.482. The molecule has 3 N–H and O–H groups in total. The number of H-pyrrole nitrogens is 1. The van der Waals surface area contributed by atoms with E-state index in [1.807, 2.05) is 24.4 Å². The van der Waals surface area contributed by atoms with Crippen molar-refractivity contribution < 1.29 is 5.11 Å². The van der Waals surface area contributed by atoms with Gasteiger partial charge in [-0.05, 0) is 36.2 Å². The number of nitrogens with one attached hydrogen (secondary N) is 2. The minimum atomic E-state index is 0.332. The molecule has 4 rings (SSSR count). The number of phenolic OH excluding ortho intramolecular Hbond substituents is 1. The number of fused-ring (bicyclic) bond motifs is 2. The predicted molar refractivity (Wildman–Crippen MR) is 78.6 cm³/mol. The summed E-state index contributed by atoms with van der Waals surface area (Å²) >= 11 is 0. The van der Waals surface area contributed by atoms with Crippen LogP contribution < -0.4 is 5.32 Å². The van der Waals surface area contributed by atoms with E-state index in [0.717, 1.165) is 17.4 Å². The SMILES string of the molecule is Oc1cccc2[nH]ccc12.c1ccc2c(c1)CCN2. The van der Waals surface area contributed by atoms with Gasteiger partial charge in [-0.15, -0.1) is 0 Å². The molecule has 3 heteroatoms. The maximum atomic E-state index is 9.24. The van der Waals surface area contributed by atoms with Gasteiger partial charge in [0, 0.05) is 29.3 Å². The van der Waals surface area contributed by atoms with Crippen LogP contribution in [0.15, 0.2) is 54.7 Å². The number of aromatic amines is 1. The Kier molecular flexibility index (Phi) is 3.11. The number of anilines is 1. The first kappa shape index (κ1) is 11.7. The zero-order valence-corrected chi connectivity index (χ0v) is 10.6. The van der Waals surface area contributed by atoms with Crippen LogP contribution in [0.5, 0.6) is 5.75 Å². The van der Waals surface area contributed by atoms with Crippen molar-refractivity contribution in [1.29, 1.82) is 0 Å². The van der Waals surface area contributed by atoms with Crippen LogP contribution in [0, 0.1) is 0 Å². The molecule has 96 valence electrons. The van der Waals surface area contributed by atoms with Gasteiger partial charge in [-0.3, -0.25) is 0 Å². The highest BCUT2D eigenvalue weighted by Crippen LogP contribution is 2.22. The Morgan fingerprint density at radius 3 is 2.68 bits per heavy atom. The molecule has 0 spiro atoms. The van der Waals surface area contributed by atoms with Gasteiger partial charge >= 0.3 is 0 Å². The van der Waals surface area contributed by atoms with Crippen LogP contribution in [0.2, 0.25) is 0 Å². The third kappa shape index (κ3) is 2.40. The molecule has 0 amide bonds. The van der Waals surface area contributed by atoms with E-state index in [1.54, 1.807) is 6.07 Å². The van der Waals surface area contributed by atoms with Crippen molar-refractivity contribution in [3.8, 4) is 5.75 Å². The smallest absolute Gasteiger partial charge is 0.124 e. The van der Waals surface area contributed by atoms with Gasteiger partial charge in [0.05, 0.1) is 0 Å². The first-order valence-corrected chi connectivity index (χ1v) is 6.41. The second kappa shape index (κ2) is 5.06. The minimum absolute atomic E-state index is 0.332. The summed E-state index contributed by atoms with van der Waals surface area (Å²) in [6.45, 7) is 1.11. The van der Waals surface area contributed by atoms with Crippen LogP contribution in [-0.4, -0.2) is 16.6 Å². The van der Waals surface area contributed by atoms with E-state index in [1.165, 1.54) is 17.7 Å². The van der Waals surface area contributed by atoms with Crippen molar-refractivity contribution in [1.82, 2.24) is 4.98 Å². The zero-order valence-electron chi connectivity index (χ0n) is 10.6. The highest BCUT2D eigenvalue weighted by molar-refractivity contribution is 5.85. The van der Waals surface area contributed by atoms with E-state index in [-0.39, 0.29) is 0 Å². The molecule has 0 saturated carbocycles. The highest BCUT2D eigenvalue weighted by Gasteiger charge is 2.05. The molecule has 0 radical (unpaired) electrons. The molecule has 3 nitrogen and oxygen atoms in total. The third-order valence-electron chi connectivity index (χ3n) is 3.30. The molecule has 1 aliphatic rings. The molecule has 0 fully saturated rings. The lowest BCUT2D eigenvalue weighted by Crippen LogP contribution is -1.90. The fraction of sp³-hybridized carbons (Fsp3) is 0.125. The molecule has 1 aliphatic heterocycles. The van der Waals surface area contributed by atoms with Crippen molar-refractivity contribution in [2.75, 3.05) is 11.9 Å². The number of phenols is 1. The molecular weight excluding hydrogens is 236 g/mol. The molecule has 19 heavy (non-hydrogen) atoms. The van der Waals surface area contributed by atoms with Gasteiger partial charge in [0.1, 0.15) is 5.75 Å². The summed E-state index contributed by atoms with van der Waals surface area (Å²) in [5, 5.41) is 13.4. The van der Waals surface area contributed by atoms with Crippen LogP contribution in [0.25, 0.3) is 10.9 Å². The maximum absolute atomic E-state index is 9.24. The zero-order chi connectivity index (χ0) is 13.1. The minimum Gasteiger partial charge on any atom is -0.507 e. The lowest BCUT2D eigenvalue weighted by atomic mass is 10.2. The maximum Gasteiger partial charge on any atom is 0.124 e. The average Bonchev–Trinajstić information content (AvgIpc) is 3.08. The first-order chi connectivity index (χ1) is 9.34. The molecule has 2 heterocycles. The quantitative estimate of drug-likeness (QED) is 0.573. The third-order valence-corrected chi connectivity index (χ3v) is 3.30. The van der Waals surface area contributed by atoms with Gasteiger partial charge in [0.15, 0.2) is 0 Å². The Hall–Kier alpha value is -2.42. The van der Waals surface area contributed by atoms with Crippen molar-refractivity contribution in [3.63, 3.8) is 0 Å². The Bertz CT molecular complexity index is 665. The number of rotatable bonds is 0. The van der Waals surface area contributed by atoms with E-state index in [0.29, 0.717) is 5.75 Å². The second-order valence-corrected chi connectivity index (χ2v) is 4.55. The summed E-state index contributed by atoms with van der Waals surface area (Å²) in [6, 6.07) is 15.7. The van der Waals surface area contributed by atoms with Crippen LogP contribution in [-0.2, 0) is 6.42 Å². The fourth-order valence-corrected chi connectivity index (χ4v) is 2.31. The van der Waals surface area contributed by atoms with E-state index >= 15 is 0 Å². The van der Waals surface area contributed by atoms with Crippen molar-refractivity contribution in [2.45, 2.75) is 6.42 Å². The number of para-hydroxylation sites is 1. The van der Waals surface area contributed by atoms with E-state index < -0.39 is 0 Å². The van der Waals surface area contributed by atoms with Crippen LogP contribution in [0.4, 0.5) is 5.69 Å². The van der Waals surface area contributed by atoms with Crippen molar-refractivity contribution in [2.24, 2.45) is 0 Å². The van der Waals surface area contributed by atoms with Crippen molar-refractivity contribution in [3.05, 3.63) is 60.3 Å². The number of benzene rings is 2. The van der Waals surface area contributed by atoms with Gasteiger partial charge in [-0.1, -0.05) is 24.3 Å². The number of hydrogen-bond donors (Lipinski definition) is 3. The molecule has 2 aromatic carbocycles. The lowest BCUT2D eigenvalue weighted by Gasteiger charge is -1.94. The summed E-state index contributed by atoms with van der Waals surface area (Å²) in [5.41, 5.74) is 3.75. The Balaban J connectivity index is 0.000000117. The van der Waals surface area contributed by atoms with Gasteiger partial charge in [0.2, 0.25) is 0 Å². The molecule has 0 aliphatic carbocycles. The summed E-state index contributed by atoms with van der Waals surface area (Å²) < 4.78 is 0. The van der Waals surface area contributed by atoms with Crippen LogP contribution >= 0.6 is 0 Å². The molecule has 0 atom stereocenters. The molecule has 0 bridgehead atoms. The molecule has 0 saturated heterocycles. The van der Waals surface area contributed by atoms with E-state index in [2.05, 4.69) is 34.6 Å². The Morgan fingerprint density at radius 2 is 1.84 bits per heavy atom. The Labute approximate surface area is 111 Å². The number of aromatic nitrogens is 1. The van der Waals surface area contributed by atoms with Gasteiger partial charge in [-0.25, -0.2) is 0 Å². The largest absolute Gasteiger partial charge is 0.507 e. The number of hydrogen-bond acceptors (Lipinski definition) is 2. The van der Waals surface area contributed by atoms with Crippen LogP contribution in [0.3, 0.4) is 0 Å². The van der Waals surface area contributed by atoms with E-state index in [9.17, 15) is 5.11 Å². The number of aromatic hydroxyl groups is 1. The predicted octanol–water partition coefficient (Wildman–Crippen LogP) is 3.53.